The number of hydrogen-bond donors (Lipinski definition) is 1. The molecule has 0 spiro atoms. The van der Waals surface area contributed by atoms with Crippen LogP contribution in [0.1, 0.15) is 19.4 Å². The van der Waals surface area contributed by atoms with Crippen molar-refractivity contribution in [1.82, 2.24) is 0 Å². The van der Waals surface area contributed by atoms with Gasteiger partial charge in [-0.25, -0.2) is 14.0 Å². The molecule has 1 fully saturated rings. The monoisotopic (exact) mass is 416 g/mol. The van der Waals surface area contributed by atoms with Gasteiger partial charge in [0, 0.05) is 20.0 Å². The molecule has 0 bridgehead atoms. The average Bonchev–Trinajstić information content (AvgIpc) is 2.40. The second kappa shape index (κ2) is 5.92. The van der Waals surface area contributed by atoms with E-state index >= 15 is 0 Å². The van der Waals surface area contributed by atoms with Crippen molar-refractivity contribution in [3.8, 4) is 6.07 Å². The highest BCUT2D eigenvalue weighted by molar-refractivity contribution is 14.1. The highest BCUT2D eigenvalue weighted by Crippen LogP contribution is 2.25. The Hall–Kier alpha value is -2.15. The van der Waals surface area contributed by atoms with Crippen molar-refractivity contribution in [3.05, 3.63) is 38.9 Å². The lowest BCUT2D eigenvalue weighted by Crippen LogP contribution is -2.42. The second-order valence-corrected chi connectivity index (χ2v) is 5.94. The molecule has 1 aliphatic heterocycles. The van der Waals surface area contributed by atoms with Crippen molar-refractivity contribution >= 4 is 40.2 Å². The number of halogens is 2. The van der Waals surface area contributed by atoms with E-state index in [-0.39, 0.29) is 20.4 Å². The second-order valence-electron chi connectivity index (χ2n) is 4.78. The van der Waals surface area contributed by atoms with Crippen LogP contribution in [-0.4, -0.2) is 17.7 Å². The van der Waals surface area contributed by atoms with Crippen molar-refractivity contribution in [2.75, 3.05) is 5.32 Å². The molecule has 114 valence electrons. The maximum atomic E-state index is 13.8. The number of nitrogens with zero attached hydrogens (tertiary/aromatic N) is 1. The molecule has 0 aromatic heterocycles. The summed E-state index contributed by atoms with van der Waals surface area (Å²) in [5.74, 6) is -3.74. The topological polar surface area (TPSA) is 88.4 Å². The molecule has 1 aromatic rings. The summed E-state index contributed by atoms with van der Waals surface area (Å²) in [5.41, 5.74) is -0.470. The van der Waals surface area contributed by atoms with Gasteiger partial charge in [-0.2, -0.15) is 5.26 Å². The van der Waals surface area contributed by atoms with Crippen LogP contribution in [0.5, 0.6) is 0 Å². The minimum absolute atomic E-state index is 0.123. The number of benzene rings is 1. The van der Waals surface area contributed by atoms with Crippen LogP contribution in [0, 0.1) is 20.7 Å². The molecule has 0 amide bonds. The van der Waals surface area contributed by atoms with Gasteiger partial charge in [-0.3, -0.25) is 0 Å². The number of cyclic esters (lactones) is 2. The molecule has 0 aliphatic carbocycles. The van der Waals surface area contributed by atoms with Crippen molar-refractivity contribution in [1.29, 1.82) is 5.26 Å². The van der Waals surface area contributed by atoms with Crippen molar-refractivity contribution in [2.24, 2.45) is 0 Å². The molecule has 0 saturated carbocycles. The predicted octanol–water partition coefficient (Wildman–Crippen LogP) is 2.43. The predicted molar refractivity (Wildman–Crippen MR) is 81.8 cm³/mol. The quantitative estimate of drug-likeness (QED) is 0.345. The zero-order valence-corrected chi connectivity index (χ0v) is 13.7. The van der Waals surface area contributed by atoms with Crippen LogP contribution in [0.2, 0.25) is 0 Å². The first-order valence-electron chi connectivity index (χ1n) is 6.06. The Morgan fingerprint density at radius 3 is 2.45 bits per heavy atom. The number of hydrogen-bond acceptors (Lipinski definition) is 6. The summed E-state index contributed by atoms with van der Waals surface area (Å²) >= 11 is 1.75. The molecule has 8 heteroatoms. The molecule has 0 atom stereocenters. The third-order valence-corrected chi connectivity index (χ3v) is 3.53. The minimum Gasteiger partial charge on any atom is -0.419 e. The van der Waals surface area contributed by atoms with Gasteiger partial charge in [0.25, 0.3) is 5.79 Å². The first-order valence-corrected chi connectivity index (χ1v) is 7.14. The summed E-state index contributed by atoms with van der Waals surface area (Å²) < 4.78 is 23.9. The summed E-state index contributed by atoms with van der Waals surface area (Å²) in [6.45, 7) is 2.85. The number of anilines is 1. The molecule has 1 aromatic carbocycles. The fourth-order valence-electron chi connectivity index (χ4n) is 1.71. The summed E-state index contributed by atoms with van der Waals surface area (Å²) in [5, 5.41) is 11.6. The van der Waals surface area contributed by atoms with Crippen molar-refractivity contribution < 1.29 is 23.5 Å². The van der Waals surface area contributed by atoms with E-state index in [1.165, 1.54) is 26.0 Å². The van der Waals surface area contributed by atoms with E-state index in [0.717, 1.165) is 6.20 Å². The highest BCUT2D eigenvalue weighted by Gasteiger charge is 2.39. The molecular formula is C14H10FIN2O4. The minimum atomic E-state index is -1.34. The number of nitrogens with one attached hydrogen (secondary N) is 1. The van der Waals surface area contributed by atoms with Gasteiger partial charge in [0.2, 0.25) is 0 Å². The van der Waals surface area contributed by atoms with Crippen LogP contribution in [0.15, 0.2) is 23.9 Å². The molecule has 0 unspecified atom stereocenters. The molecular weight excluding hydrogens is 406 g/mol. The van der Waals surface area contributed by atoms with E-state index in [2.05, 4.69) is 5.32 Å². The zero-order chi connectivity index (χ0) is 16.5. The van der Waals surface area contributed by atoms with Crippen LogP contribution in [0.3, 0.4) is 0 Å². The summed E-state index contributed by atoms with van der Waals surface area (Å²) in [6, 6.07) is 4.64. The van der Waals surface area contributed by atoms with Gasteiger partial charge in [0.1, 0.15) is 11.6 Å². The first kappa shape index (κ1) is 16.2. The van der Waals surface area contributed by atoms with E-state index < -0.39 is 23.5 Å². The average molecular weight is 416 g/mol. The molecule has 1 saturated heterocycles. The Bertz CT molecular complexity index is 715. The third-order valence-electron chi connectivity index (χ3n) is 2.70. The Kier molecular flexibility index (Phi) is 4.37. The van der Waals surface area contributed by atoms with Crippen LogP contribution in [0.25, 0.3) is 0 Å². The Labute approximate surface area is 139 Å². The number of carbonyl (C=O) groups excluding carboxylic acids is 2. The lowest BCUT2D eigenvalue weighted by molar-refractivity contribution is -0.222. The van der Waals surface area contributed by atoms with Gasteiger partial charge in [-0.1, -0.05) is 0 Å². The lowest BCUT2D eigenvalue weighted by atomic mass is 10.1. The zero-order valence-electron chi connectivity index (χ0n) is 11.6. The van der Waals surface area contributed by atoms with Gasteiger partial charge in [0.15, 0.2) is 11.4 Å². The molecule has 6 nitrogen and oxygen atoms in total. The van der Waals surface area contributed by atoms with Crippen LogP contribution < -0.4 is 5.32 Å². The summed E-state index contributed by atoms with van der Waals surface area (Å²) in [6.07, 6.45) is 1.03. The maximum absolute atomic E-state index is 13.8. The lowest BCUT2D eigenvalue weighted by Gasteiger charge is -2.29. The smallest absolute Gasteiger partial charge is 0.350 e. The molecule has 2 rings (SSSR count). The molecule has 22 heavy (non-hydrogen) atoms. The van der Waals surface area contributed by atoms with Crippen molar-refractivity contribution in [2.45, 2.75) is 19.6 Å². The fraction of sp³-hybridized carbons (Fsp3) is 0.214. The Morgan fingerprint density at radius 2 is 1.91 bits per heavy atom. The SMILES string of the molecule is CC1(C)OC(=O)C(=CNc2ccc(I)c(F)c2C#N)C(=O)O1. The van der Waals surface area contributed by atoms with Gasteiger partial charge in [0.05, 0.1) is 9.26 Å². The number of nitriles is 1. The molecule has 1 aliphatic rings. The third kappa shape index (κ3) is 3.19. The van der Waals surface area contributed by atoms with Gasteiger partial charge < -0.3 is 14.8 Å². The van der Waals surface area contributed by atoms with E-state index in [0.29, 0.717) is 0 Å². The Morgan fingerprint density at radius 1 is 1.32 bits per heavy atom. The van der Waals surface area contributed by atoms with E-state index in [1.54, 1.807) is 28.7 Å². The summed E-state index contributed by atoms with van der Waals surface area (Å²) in [4.78, 5) is 23.5. The van der Waals surface area contributed by atoms with Gasteiger partial charge in [-0.15, -0.1) is 0 Å². The molecule has 1 heterocycles. The fourth-order valence-corrected chi connectivity index (χ4v) is 2.16. The highest BCUT2D eigenvalue weighted by atomic mass is 127. The number of esters is 2. The van der Waals surface area contributed by atoms with Crippen LogP contribution in [0.4, 0.5) is 10.1 Å². The van der Waals surface area contributed by atoms with Crippen LogP contribution >= 0.6 is 22.6 Å². The first-order chi connectivity index (χ1) is 10.2. The van der Waals surface area contributed by atoms with Crippen molar-refractivity contribution in [3.63, 3.8) is 0 Å². The van der Waals surface area contributed by atoms with Gasteiger partial charge in [-0.05, 0) is 34.7 Å². The molecule has 0 radical (unpaired) electrons. The van der Waals surface area contributed by atoms with E-state index in [1.807, 2.05) is 0 Å². The normalized spacial score (nSPS) is 16.4. The van der Waals surface area contributed by atoms with Crippen LogP contribution in [-0.2, 0) is 19.1 Å². The maximum Gasteiger partial charge on any atom is 0.350 e. The summed E-state index contributed by atoms with van der Waals surface area (Å²) in [7, 11) is 0. The molecule has 1 N–H and O–H groups in total. The van der Waals surface area contributed by atoms with Gasteiger partial charge >= 0.3 is 11.9 Å². The number of carbonyl (C=O) groups is 2. The number of rotatable bonds is 2. The largest absolute Gasteiger partial charge is 0.419 e. The number of ether oxygens (including phenoxy) is 2. The standard InChI is InChI=1S/C14H10FIN2O4/c1-14(2)21-12(19)8(13(20)22-14)6-18-10-4-3-9(16)11(15)7(10)5-17/h3-4,6,18H,1-2H3. The Balaban J connectivity index is 2.30. The van der Waals surface area contributed by atoms with E-state index in [9.17, 15) is 14.0 Å². The van der Waals surface area contributed by atoms with E-state index in [4.69, 9.17) is 14.7 Å².